The van der Waals surface area contributed by atoms with Gasteiger partial charge in [0, 0.05) is 21.5 Å². The minimum Gasteiger partial charge on any atom is -0.439 e. The molecule has 6 heterocycles. The number of hydrogen-bond acceptors (Lipinski definition) is 12. The number of rotatable bonds is 3. The van der Waals surface area contributed by atoms with Gasteiger partial charge in [-0.2, -0.15) is 18.7 Å². The number of hydrogen-bond donors (Lipinski definition) is 0. The van der Waals surface area contributed by atoms with Crippen molar-refractivity contribution < 1.29 is 17.6 Å². The molecule has 0 aliphatic rings. The van der Waals surface area contributed by atoms with E-state index >= 15 is 0 Å². The van der Waals surface area contributed by atoms with Gasteiger partial charge in [0.2, 0.25) is 11.9 Å². The lowest BCUT2D eigenvalue weighted by molar-refractivity contribution is 0.510. The second-order valence-corrected chi connectivity index (χ2v) is 10.8. The predicted octanol–water partition coefficient (Wildman–Crippen LogP) is 8.75. The topological polar surface area (TPSA) is 104 Å². The second-order valence-electron chi connectivity index (χ2n) is 5.85. The van der Waals surface area contributed by atoms with Crippen LogP contribution >= 0.6 is 91.8 Å². The van der Waals surface area contributed by atoms with Crippen molar-refractivity contribution in [1.82, 2.24) is 29.9 Å². The van der Waals surface area contributed by atoms with Crippen LogP contribution in [0.2, 0.25) is 20.6 Å². The summed E-state index contributed by atoms with van der Waals surface area (Å²) < 4.78 is 34.6. The Morgan fingerprint density at radius 2 is 0.861 bits per heavy atom. The van der Waals surface area contributed by atoms with E-state index in [2.05, 4.69) is 29.9 Å². The van der Waals surface area contributed by atoms with E-state index in [0.717, 1.165) is 32.7 Å². The number of halogens is 6. The van der Waals surface area contributed by atoms with Crippen LogP contribution in [-0.2, 0) is 0 Å². The van der Waals surface area contributed by atoms with Crippen LogP contribution in [0.3, 0.4) is 0 Å². The maximum atomic E-state index is 12.4. The third-order valence-electron chi connectivity index (χ3n) is 3.41. The van der Waals surface area contributed by atoms with Crippen molar-refractivity contribution in [2.24, 2.45) is 0 Å². The molecule has 36 heavy (non-hydrogen) atoms. The van der Waals surface area contributed by atoms with Gasteiger partial charge >= 0.3 is 0 Å². The molecular weight excluding hydrogens is 640 g/mol. The zero-order valence-electron chi connectivity index (χ0n) is 16.9. The van der Waals surface area contributed by atoms with Gasteiger partial charge in [-0.3, -0.25) is 0 Å². The molecule has 6 aromatic rings. The molecule has 0 saturated carbocycles. The van der Waals surface area contributed by atoms with Crippen molar-refractivity contribution in [2.75, 3.05) is 0 Å². The predicted molar refractivity (Wildman–Crippen MR) is 138 cm³/mol. The lowest BCUT2D eigenvalue weighted by Gasteiger charge is -1.83. The number of oxazole rings is 2. The van der Waals surface area contributed by atoms with Gasteiger partial charge in [-0.05, 0) is 0 Å². The number of thiazole rings is 4. The minimum absolute atomic E-state index is 0.215. The lowest BCUT2D eigenvalue weighted by atomic mass is 10.7. The molecule has 0 fully saturated rings. The van der Waals surface area contributed by atoms with E-state index < -0.39 is 11.9 Å². The van der Waals surface area contributed by atoms with Crippen LogP contribution in [0.15, 0.2) is 42.9 Å². The van der Waals surface area contributed by atoms with Gasteiger partial charge in [0.15, 0.2) is 30.3 Å². The number of aromatic nitrogens is 6. The van der Waals surface area contributed by atoms with Gasteiger partial charge < -0.3 is 8.83 Å². The van der Waals surface area contributed by atoms with Crippen LogP contribution in [0.1, 0.15) is 0 Å². The van der Waals surface area contributed by atoms with Gasteiger partial charge in [0.05, 0.1) is 0 Å². The summed E-state index contributed by atoms with van der Waals surface area (Å²) in [6.07, 6.45) is 2.57. The summed E-state index contributed by atoms with van der Waals surface area (Å²) in [4.78, 5) is 22.7. The van der Waals surface area contributed by atoms with Gasteiger partial charge in [0.25, 0.3) is 11.8 Å². The molecule has 0 N–H and O–H groups in total. The fourth-order valence-corrected chi connectivity index (χ4v) is 5.68. The average Bonchev–Trinajstić information content (AvgIpc) is 3.64. The lowest BCUT2D eigenvalue weighted by Crippen LogP contribution is -1.76. The van der Waals surface area contributed by atoms with Crippen molar-refractivity contribution >= 4 is 91.8 Å². The van der Waals surface area contributed by atoms with E-state index in [-0.39, 0.29) is 22.1 Å². The molecule has 0 spiro atoms. The quantitative estimate of drug-likeness (QED) is 0.188. The normalized spacial score (nSPS) is 10.5. The Labute approximate surface area is 236 Å². The zero-order valence-corrected chi connectivity index (χ0v) is 23.2. The molecule has 6 aromatic heterocycles. The summed E-state index contributed by atoms with van der Waals surface area (Å²) in [6, 6.07) is 0. The van der Waals surface area contributed by atoms with Gasteiger partial charge in [-0.15, -0.1) is 45.3 Å². The minimum atomic E-state index is -0.550. The van der Waals surface area contributed by atoms with Crippen LogP contribution in [0.5, 0.6) is 0 Å². The van der Waals surface area contributed by atoms with Crippen molar-refractivity contribution in [3.63, 3.8) is 0 Å². The van der Waals surface area contributed by atoms with Gasteiger partial charge in [-0.25, -0.2) is 19.9 Å². The molecule has 6 rings (SSSR count). The highest BCUT2D eigenvalue weighted by atomic mass is 35.5. The maximum absolute atomic E-state index is 12.4. The summed E-state index contributed by atoms with van der Waals surface area (Å²) in [7, 11) is 0. The van der Waals surface area contributed by atoms with Crippen molar-refractivity contribution in [3.8, 4) is 31.8 Å². The number of nitrogens with zero attached hydrogens (tertiary/aromatic N) is 6. The first kappa shape index (κ1) is 27.0. The van der Waals surface area contributed by atoms with Crippen molar-refractivity contribution in [1.29, 1.82) is 0 Å². The Morgan fingerprint density at radius 3 is 1.11 bits per heavy atom. The van der Waals surface area contributed by atoms with E-state index in [0.29, 0.717) is 20.3 Å². The molecule has 0 bridgehead atoms. The van der Waals surface area contributed by atoms with Gasteiger partial charge in [0.1, 0.15) is 22.8 Å². The molecule has 0 saturated heterocycles. The third kappa shape index (κ3) is 7.49. The molecular formula is C18H6Cl4F2N6O2S4. The van der Waals surface area contributed by atoms with Crippen molar-refractivity contribution in [3.05, 3.63) is 66.6 Å². The fraction of sp³-hybridized carbons (Fsp3) is 0. The fourth-order valence-electron chi connectivity index (χ4n) is 2.11. The molecule has 0 unspecified atom stereocenters. The Bertz CT molecular complexity index is 1270. The highest BCUT2D eigenvalue weighted by molar-refractivity contribution is 7.20. The Kier molecular flexibility index (Phi) is 9.35. The van der Waals surface area contributed by atoms with E-state index in [4.69, 9.17) is 55.2 Å². The molecule has 0 radical (unpaired) electrons. The molecule has 8 nitrogen and oxygen atoms in total. The molecule has 186 valence electrons. The van der Waals surface area contributed by atoms with Crippen LogP contribution in [0, 0.1) is 11.9 Å². The molecule has 0 atom stereocenters. The van der Waals surface area contributed by atoms with Crippen LogP contribution in [-0.4, -0.2) is 29.9 Å². The maximum Gasteiger partial charge on any atom is 0.285 e. The molecule has 0 aromatic carbocycles. The highest BCUT2D eigenvalue weighted by Crippen LogP contribution is 2.29. The molecule has 0 aliphatic carbocycles. The summed E-state index contributed by atoms with van der Waals surface area (Å²) in [6.45, 7) is 0. The third-order valence-corrected chi connectivity index (χ3v) is 8.00. The summed E-state index contributed by atoms with van der Waals surface area (Å²) in [5.41, 5.74) is 0. The molecule has 0 aliphatic heterocycles. The van der Waals surface area contributed by atoms with E-state index in [9.17, 15) is 8.78 Å². The van der Waals surface area contributed by atoms with Crippen LogP contribution in [0.4, 0.5) is 8.78 Å². The highest BCUT2D eigenvalue weighted by Gasteiger charge is 2.11. The monoisotopic (exact) mass is 644 g/mol. The van der Waals surface area contributed by atoms with Gasteiger partial charge in [-0.1, -0.05) is 46.4 Å². The zero-order chi connectivity index (χ0) is 25.7. The second kappa shape index (κ2) is 12.5. The van der Waals surface area contributed by atoms with E-state index in [1.165, 1.54) is 46.0 Å². The Morgan fingerprint density at radius 1 is 0.500 bits per heavy atom. The average molecular weight is 646 g/mol. The first-order valence-corrected chi connectivity index (χ1v) is 14.0. The first-order chi connectivity index (χ1) is 17.3. The summed E-state index contributed by atoms with van der Waals surface area (Å²) in [5.74, 6) is -0.671. The van der Waals surface area contributed by atoms with E-state index in [1.807, 2.05) is 0 Å². The van der Waals surface area contributed by atoms with E-state index in [1.54, 1.807) is 10.8 Å². The Balaban J connectivity index is 0.000000127. The SMILES string of the molecule is Clc1coc(-c2nc(Cl)co2)n1.Clc1csc(-c2nc(Cl)cs2)n1.Fc1csc(-c2nc(F)cs2)n1. The Hall–Kier alpha value is -2.04. The molecule has 0 amide bonds. The van der Waals surface area contributed by atoms with Crippen molar-refractivity contribution in [2.45, 2.75) is 0 Å². The molecule has 18 heteroatoms. The van der Waals surface area contributed by atoms with Crippen LogP contribution < -0.4 is 0 Å². The summed E-state index contributed by atoms with van der Waals surface area (Å²) in [5, 5.41) is 10.0. The largest absolute Gasteiger partial charge is 0.439 e. The van der Waals surface area contributed by atoms with Crippen LogP contribution in [0.25, 0.3) is 31.8 Å². The standard InChI is InChI=1S/C6H2Cl2N2O2.C6H2Cl2N2S2.C6H2F2N2S2/c3*7-3-1-11-5(9-3)6-10-4(8)2-12-6/h3*1-2H. The first-order valence-electron chi connectivity index (χ1n) is 8.94. The summed E-state index contributed by atoms with van der Waals surface area (Å²) >= 11 is 27.5. The smallest absolute Gasteiger partial charge is 0.285 e.